The average molecular weight is 298 g/mol. The van der Waals surface area contributed by atoms with Crippen LogP contribution >= 0.6 is 11.6 Å². The fourth-order valence-electron chi connectivity index (χ4n) is 2.53. The molecule has 2 rings (SSSR count). The summed E-state index contributed by atoms with van der Waals surface area (Å²) in [6.45, 7) is 2.88. The Bertz CT molecular complexity index is 496. The fourth-order valence-corrected chi connectivity index (χ4v) is 2.75. The molecule has 20 heavy (non-hydrogen) atoms. The van der Waals surface area contributed by atoms with Crippen molar-refractivity contribution in [2.24, 2.45) is 11.8 Å². The van der Waals surface area contributed by atoms with Gasteiger partial charge in [-0.05, 0) is 32.0 Å². The molecule has 6 nitrogen and oxygen atoms in total. The predicted octanol–water partition coefficient (Wildman–Crippen LogP) is 1.04. The van der Waals surface area contributed by atoms with Crippen molar-refractivity contribution >= 4 is 23.3 Å². The van der Waals surface area contributed by atoms with Gasteiger partial charge in [0.15, 0.2) is 5.82 Å². The van der Waals surface area contributed by atoms with Crippen LogP contribution in [0.2, 0.25) is 5.02 Å². The van der Waals surface area contributed by atoms with E-state index in [0.29, 0.717) is 22.3 Å². The lowest BCUT2D eigenvalue weighted by Crippen LogP contribution is -2.33. The van der Waals surface area contributed by atoms with Crippen molar-refractivity contribution in [1.29, 1.82) is 0 Å². The second-order valence-corrected chi connectivity index (χ2v) is 5.71. The van der Waals surface area contributed by atoms with E-state index in [4.69, 9.17) is 17.4 Å². The third-order valence-electron chi connectivity index (χ3n) is 3.59. The smallest absolute Gasteiger partial charge is 0.255 e. The van der Waals surface area contributed by atoms with Crippen LogP contribution in [0.3, 0.4) is 0 Å². The normalized spacial score (nSPS) is 19.1. The summed E-state index contributed by atoms with van der Waals surface area (Å²) in [7, 11) is 3.91. The number of halogens is 1. The number of hydrogen-bond donors (Lipinski definition) is 2. The quantitative estimate of drug-likeness (QED) is 0.642. The Hall–Kier alpha value is -1.37. The molecule has 1 aliphatic rings. The molecule has 1 unspecified atom stereocenters. The molecule has 110 valence electrons. The van der Waals surface area contributed by atoms with Crippen LogP contribution < -0.4 is 11.3 Å². The van der Waals surface area contributed by atoms with Crippen LogP contribution in [0.25, 0.3) is 0 Å². The molecular formula is C13H20ClN5O. The van der Waals surface area contributed by atoms with Crippen molar-refractivity contribution in [1.82, 2.24) is 14.8 Å². The van der Waals surface area contributed by atoms with E-state index in [1.165, 1.54) is 6.20 Å². The van der Waals surface area contributed by atoms with Crippen molar-refractivity contribution in [3.63, 3.8) is 0 Å². The number of aromatic nitrogens is 1. The van der Waals surface area contributed by atoms with Gasteiger partial charge in [0.2, 0.25) is 0 Å². The predicted molar refractivity (Wildman–Crippen MR) is 79.6 cm³/mol. The van der Waals surface area contributed by atoms with Gasteiger partial charge in [-0.1, -0.05) is 11.6 Å². The minimum absolute atomic E-state index is 0.0717. The number of nitrogens with zero attached hydrogens (tertiary/aromatic N) is 3. The average Bonchev–Trinajstić information content (AvgIpc) is 2.83. The molecule has 0 spiro atoms. The number of rotatable bonds is 4. The van der Waals surface area contributed by atoms with E-state index >= 15 is 0 Å². The molecule has 1 saturated heterocycles. The maximum atomic E-state index is 12.3. The van der Waals surface area contributed by atoms with Crippen LogP contribution in [0.4, 0.5) is 5.82 Å². The Morgan fingerprint density at radius 1 is 1.70 bits per heavy atom. The molecule has 0 bridgehead atoms. The van der Waals surface area contributed by atoms with Gasteiger partial charge in [-0.2, -0.15) is 0 Å². The largest absolute Gasteiger partial charge is 0.341 e. The number of likely N-dealkylation sites (tertiary alicyclic amines) is 1. The minimum Gasteiger partial charge on any atom is -0.341 e. The van der Waals surface area contributed by atoms with Crippen LogP contribution in [-0.4, -0.2) is 54.4 Å². The number of hydrazine groups is 1. The van der Waals surface area contributed by atoms with E-state index in [1.54, 1.807) is 11.0 Å². The van der Waals surface area contributed by atoms with Gasteiger partial charge in [0.25, 0.3) is 5.91 Å². The fraction of sp³-hybridized carbons (Fsp3) is 0.538. The summed E-state index contributed by atoms with van der Waals surface area (Å²) in [4.78, 5) is 20.4. The summed E-state index contributed by atoms with van der Waals surface area (Å²) >= 11 is 5.99. The van der Waals surface area contributed by atoms with E-state index < -0.39 is 0 Å². The van der Waals surface area contributed by atoms with Gasteiger partial charge in [-0.25, -0.2) is 10.8 Å². The highest BCUT2D eigenvalue weighted by atomic mass is 35.5. The number of carbonyl (C=O) groups excluding carboxylic acids is 1. The summed E-state index contributed by atoms with van der Waals surface area (Å²) in [5, 5.41) is 0.340. The Balaban J connectivity index is 2.01. The molecule has 1 amide bonds. The number of hydrogen-bond acceptors (Lipinski definition) is 5. The van der Waals surface area contributed by atoms with Crippen LogP contribution in [-0.2, 0) is 0 Å². The van der Waals surface area contributed by atoms with Gasteiger partial charge in [-0.15, -0.1) is 0 Å². The molecule has 1 atom stereocenters. The van der Waals surface area contributed by atoms with Crippen molar-refractivity contribution < 1.29 is 4.79 Å². The molecule has 1 fully saturated rings. The van der Waals surface area contributed by atoms with Crippen LogP contribution in [0.1, 0.15) is 16.8 Å². The minimum atomic E-state index is -0.0717. The standard InChI is InChI=1S/C13H20ClN5O/c1-18-4-3-9(7-18)8-19(2)13(20)10-5-11(14)12(17-15)16-6-10/h5-6,9H,3-4,7-8,15H2,1-2H3,(H,16,17). The second kappa shape index (κ2) is 6.39. The van der Waals surface area contributed by atoms with Crippen molar-refractivity contribution in [3.05, 3.63) is 22.8 Å². The molecule has 0 aromatic carbocycles. The molecule has 7 heteroatoms. The number of nitrogens with one attached hydrogen (secondary N) is 1. The maximum Gasteiger partial charge on any atom is 0.255 e. The number of amides is 1. The first kappa shape index (κ1) is 15.0. The Morgan fingerprint density at radius 3 is 3.00 bits per heavy atom. The Kier molecular flexibility index (Phi) is 4.80. The van der Waals surface area contributed by atoms with E-state index in [1.807, 2.05) is 7.05 Å². The van der Waals surface area contributed by atoms with Gasteiger partial charge >= 0.3 is 0 Å². The molecule has 1 aromatic heterocycles. The third kappa shape index (κ3) is 3.39. The number of pyridine rings is 1. The number of anilines is 1. The first-order chi connectivity index (χ1) is 9.51. The van der Waals surface area contributed by atoms with Gasteiger partial charge in [0.1, 0.15) is 0 Å². The molecular weight excluding hydrogens is 278 g/mol. The van der Waals surface area contributed by atoms with E-state index in [2.05, 4.69) is 22.4 Å². The van der Waals surface area contributed by atoms with Gasteiger partial charge in [-0.3, -0.25) is 4.79 Å². The summed E-state index contributed by atoms with van der Waals surface area (Å²) < 4.78 is 0. The highest BCUT2D eigenvalue weighted by Gasteiger charge is 2.23. The van der Waals surface area contributed by atoms with Crippen molar-refractivity contribution in [3.8, 4) is 0 Å². The summed E-state index contributed by atoms with van der Waals surface area (Å²) in [5.74, 6) is 6.08. The molecule has 0 saturated carbocycles. The maximum absolute atomic E-state index is 12.3. The first-order valence-electron chi connectivity index (χ1n) is 6.57. The highest BCUT2D eigenvalue weighted by Crippen LogP contribution is 2.21. The zero-order valence-corrected chi connectivity index (χ0v) is 12.5. The number of nitrogens with two attached hydrogens (primary N) is 1. The van der Waals surface area contributed by atoms with Crippen LogP contribution in [0, 0.1) is 5.92 Å². The zero-order valence-electron chi connectivity index (χ0n) is 11.8. The molecule has 1 aromatic rings. The summed E-state index contributed by atoms with van der Waals surface area (Å²) in [6, 6.07) is 1.59. The molecule has 3 N–H and O–H groups in total. The third-order valence-corrected chi connectivity index (χ3v) is 3.88. The molecule has 2 heterocycles. The SMILES string of the molecule is CN1CCC(CN(C)C(=O)c2cnc(NN)c(Cl)c2)C1. The van der Waals surface area contributed by atoms with E-state index in [-0.39, 0.29) is 5.91 Å². The lowest BCUT2D eigenvalue weighted by molar-refractivity contribution is 0.0773. The van der Waals surface area contributed by atoms with Gasteiger partial charge < -0.3 is 15.2 Å². The molecule has 1 aliphatic heterocycles. The molecule has 0 radical (unpaired) electrons. The highest BCUT2D eigenvalue weighted by molar-refractivity contribution is 6.33. The molecule has 0 aliphatic carbocycles. The van der Waals surface area contributed by atoms with Crippen LogP contribution in [0.15, 0.2) is 12.3 Å². The zero-order chi connectivity index (χ0) is 14.7. The first-order valence-corrected chi connectivity index (χ1v) is 6.95. The lowest BCUT2D eigenvalue weighted by atomic mass is 10.1. The van der Waals surface area contributed by atoms with E-state index in [0.717, 1.165) is 26.1 Å². The summed E-state index contributed by atoms with van der Waals surface area (Å²) in [6.07, 6.45) is 2.61. The van der Waals surface area contributed by atoms with Crippen LogP contribution in [0.5, 0.6) is 0 Å². The van der Waals surface area contributed by atoms with Gasteiger partial charge in [0.05, 0.1) is 10.6 Å². The topological polar surface area (TPSA) is 74.5 Å². The number of nitrogen functional groups attached to an aromatic ring is 1. The second-order valence-electron chi connectivity index (χ2n) is 5.30. The monoisotopic (exact) mass is 297 g/mol. The Labute approximate surface area is 123 Å². The lowest BCUT2D eigenvalue weighted by Gasteiger charge is -2.21. The number of carbonyl (C=O) groups is 1. The Morgan fingerprint density at radius 2 is 2.45 bits per heavy atom. The van der Waals surface area contributed by atoms with Crippen molar-refractivity contribution in [2.45, 2.75) is 6.42 Å². The van der Waals surface area contributed by atoms with Gasteiger partial charge in [0, 0.05) is 26.3 Å². The summed E-state index contributed by atoms with van der Waals surface area (Å²) in [5.41, 5.74) is 2.86. The van der Waals surface area contributed by atoms with Crippen molar-refractivity contribution in [2.75, 3.05) is 39.2 Å². The van der Waals surface area contributed by atoms with E-state index in [9.17, 15) is 4.79 Å².